The van der Waals surface area contributed by atoms with Gasteiger partial charge < -0.3 is 15.5 Å². The van der Waals surface area contributed by atoms with E-state index in [1.54, 1.807) is 61.6 Å². The van der Waals surface area contributed by atoms with Crippen molar-refractivity contribution in [3.63, 3.8) is 0 Å². The minimum absolute atomic E-state index is 0.331. The number of aryl methyl sites for hydroxylation is 3. The van der Waals surface area contributed by atoms with Gasteiger partial charge in [-0.3, -0.25) is 15.0 Å². The van der Waals surface area contributed by atoms with Crippen LogP contribution in [0.15, 0.2) is 54.7 Å². The Kier molecular flexibility index (Phi) is 6.68. The Morgan fingerprint density at radius 2 is 1.50 bits per heavy atom. The molecule has 0 radical (unpaired) electrons. The summed E-state index contributed by atoms with van der Waals surface area (Å²) in [5.74, 6) is 0.117. The predicted octanol–water partition coefficient (Wildman–Crippen LogP) is 4.40. The molecule has 0 bridgehead atoms. The quantitative estimate of drug-likeness (QED) is 0.414. The van der Waals surface area contributed by atoms with Crippen LogP contribution in [0.2, 0.25) is 0 Å². The van der Waals surface area contributed by atoms with E-state index in [1.165, 1.54) is 0 Å². The molecule has 0 aliphatic carbocycles. The molecule has 7 heteroatoms. The molecule has 0 atom stereocenters. The maximum absolute atomic E-state index is 13.0. The van der Waals surface area contributed by atoms with Gasteiger partial charge in [-0.15, -0.1) is 0 Å². The fourth-order valence-corrected chi connectivity index (χ4v) is 3.26. The molecule has 1 heterocycles. The number of carbonyl (C=O) groups excluding carboxylic acids is 2. The Labute approximate surface area is 188 Å². The number of nitrogens with one attached hydrogen (secondary N) is 3. The largest absolute Gasteiger partial charge is 0.363 e. The van der Waals surface area contributed by atoms with Gasteiger partial charge in [-0.25, -0.2) is 4.98 Å². The molecule has 3 aromatic rings. The van der Waals surface area contributed by atoms with Crippen molar-refractivity contribution in [2.24, 2.45) is 0 Å². The van der Waals surface area contributed by atoms with Crippen molar-refractivity contribution < 1.29 is 9.59 Å². The highest BCUT2D eigenvalue weighted by molar-refractivity contribution is 6.13. The Morgan fingerprint density at radius 1 is 0.844 bits per heavy atom. The van der Waals surface area contributed by atoms with Crippen LogP contribution in [-0.4, -0.2) is 41.6 Å². The fourth-order valence-electron chi connectivity index (χ4n) is 3.26. The number of rotatable bonds is 5. The zero-order valence-electron chi connectivity index (χ0n) is 18.9. The van der Waals surface area contributed by atoms with Gasteiger partial charge in [-0.1, -0.05) is 24.3 Å². The summed E-state index contributed by atoms with van der Waals surface area (Å²) in [5.41, 5.74) is 4.66. The van der Waals surface area contributed by atoms with Crippen molar-refractivity contribution in [2.75, 3.05) is 24.7 Å². The van der Waals surface area contributed by atoms with E-state index in [1.807, 2.05) is 32.9 Å². The normalized spacial score (nSPS) is 10.4. The highest BCUT2D eigenvalue weighted by Crippen LogP contribution is 2.25. The molecule has 164 valence electrons. The molecule has 0 unspecified atom stereocenters. The first kappa shape index (κ1) is 22.7. The van der Waals surface area contributed by atoms with Crippen LogP contribution in [0.25, 0.3) is 0 Å². The Bertz CT molecular complexity index is 1170. The molecule has 1 aromatic heterocycles. The molecule has 0 fully saturated rings. The molecule has 2 aromatic carbocycles. The third-order valence-corrected chi connectivity index (χ3v) is 4.98. The second-order valence-electron chi connectivity index (χ2n) is 7.95. The Hall–Kier alpha value is -4.00. The van der Waals surface area contributed by atoms with Gasteiger partial charge in [0.15, 0.2) is 0 Å². The van der Waals surface area contributed by atoms with E-state index in [2.05, 4.69) is 15.6 Å². The van der Waals surface area contributed by atoms with E-state index < -0.39 is 0 Å². The number of anilines is 2. The molecule has 0 saturated carbocycles. The third-order valence-electron chi connectivity index (χ3n) is 4.98. The zero-order valence-corrected chi connectivity index (χ0v) is 18.9. The lowest BCUT2D eigenvalue weighted by Crippen LogP contribution is -2.22. The van der Waals surface area contributed by atoms with Gasteiger partial charge in [-0.05, 0) is 61.7 Å². The van der Waals surface area contributed by atoms with Crippen LogP contribution >= 0.6 is 0 Å². The molecule has 32 heavy (non-hydrogen) atoms. The summed E-state index contributed by atoms with van der Waals surface area (Å²) in [6.45, 7) is 5.68. The molecule has 0 aliphatic heterocycles. The number of hydrogen-bond donors (Lipinski definition) is 3. The average molecular weight is 430 g/mol. The van der Waals surface area contributed by atoms with E-state index in [0.29, 0.717) is 34.0 Å². The predicted molar refractivity (Wildman–Crippen MR) is 128 cm³/mol. The van der Waals surface area contributed by atoms with Gasteiger partial charge in [0.2, 0.25) is 0 Å². The smallest absolute Gasteiger partial charge is 0.258 e. The van der Waals surface area contributed by atoms with Crippen LogP contribution in [0.5, 0.6) is 0 Å². The number of carbonyl (C=O) groups is 2. The van der Waals surface area contributed by atoms with Crippen LogP contribution in [0.3, 0.4) is 0 Å². The lowest BCUT2D eigenvalue weighted by Gasteiger charge is -2.16. The molecule has 3 rings (SSSR count). The van der Waals surface area contributed by atoms with Crippen molar-refractivity contribution in [2.45, 2.75) is 20.8 Å². The lowest BCUT2D eigenvalue weighted by atomic mass is 10.0. The summed E-state index contributed by atoms with van der Waals surface area (Å²) in [6, 6.07) is 14.1. The molecule has 3 N–H and O–H groups in total. The van der Waals surface area contributed by atoms with Crippen LogP contribution in [0, 0.1) is 26.2 Å². The lowest BCUT2D eigenvalue weighted by molar-refractivity contribution is 0.102. The minimum atomic E-state index is -0.349. The summed E-state index contributed by atoms with van der Waals surface area (Å²) in [5, 5.41) is 13.7. The summed E-state index contributed by atoms with van der Waals surface area (Å²) in [4.78, 5) is 31.8. The van der Waals surface area contributed by atoms with Crippen molar-refractivity contribution in [1.82, 2.24) is 9.88 Å². The highest BCUT2D eigenvalue weighted by Gasteiger charge is 2.18. The van der Waals surface area contributed by atoms with Gasteiger partial charge in [0, 0.05) is 31.4 Å². The fraction of sp³-hybridized carbons (Fsp3) is 0.200. The number of aromatic nitrogens is 1. The van der Waals surface area contributed by atoms with Crippen LogP contribution < -0.4 is 10.6 Å². The first-order valence-electron chi connectivity index (χ1n) is 10.2. The van der Waals surface area contributed by atoms with E-state index in [0.717, 1.165) is 16.7 Å². The van der Waals surface area contributed by atoms with Crippen molar-refractivity contribution in [1.29, 1.82) is 5.41 Å². The molecule has 0 saturated heterocycles. The highest BCUT2D eigenvalue weighted by atomic mass is 16.2. The van der Waals surface area contributed by atoms with E-state index in [4.69, 9.17) is 5.41 Å². The van der Waals surface area contributed by atoms with E-state index in [-0.39, 0.29) is 11.8 Å². The van der Waals surface area contributed by atoms with Crippen molar-refractivity contribution in [3.8, 4) is 0 Å². The van der Waals surface area contributed by atoms with E-state index >= 15 is 0 Å². The van der Waals surface area contributed by atoms with Gasteiger partial charge in [-0.2, -0.15) is 0 Å². The minimum Gasteiger partial charge on any atom is -0.363 e. The van der Waals surface area contributed by atoms with Crippen molar-refractivity contribution >= 4 is 29.2 Å². The van der Waals surface area contributed by atoms with Crippen molar-refractivity contribution in [3.05, 3.63) is 88.1 Å². The molecule has 2 amide bonds. The Morgan fingerprint density at radius 3 is 2.09 bits per heavy atom. The van der Waals surface area contributed by atoms with Crippen LogP contribution in [0.4, 0.5) is 11.5 Å². The van der Waals surface area contributed by atoms with Crippen LogP contribution in [0.1, 0.15) is 43.0 Å². The van der Waals surface area contributed by atoms with Gasteiger partial charge in [0.05, 0.1) is 11.3 Å². The summed E-state index contributed by atoms with van der Waals surface area (Å²) >= 11 is 0. The first-order chi connectivity index (χ1) is 15.2. The molecule has 7 nitrogen and oxygen atoms in total. The second-order valence-corrected chi connectivity index (χ2v) is 7.95. The molecule has 0 aliphatic rings. The number of benzene rings is 2. The van der Waals surface area contributed by atoms with E-state index in [9.17, 15) is 9.59 Å². The molecular weight excluding hydrogens is 402 g/mol. The zero-order chi connectivity index (χ0) is 23.4. The second kappa shape index (κ2) is 9.43. The van der Waals surface area contributed by atoms with Gasteiger partial charge in [0.1, 0.15) is 11.7 Å². The van der Waals surface area contributed by atoms with Gasteiger partial charge in [0.25, 0.3) is 11.8 Å². The standard InChI is InChI=1S/C25H27N5O2/c1-15-6-11-21(27-14-15)28-25(32)20-13-16(2)12-17(3)22(20)29-24(31)19-9-7-18(8-10-19)23(26)30(4)5/h6-14,26H,1-5H3,(H,29,31)(H,27,28,32). The molecular formula is C25H27N5O2. The average Bonchev–Trinajstić information content (AvgIpc) is 2.76. The summed E-state index contributed by atoms with van der Waals surface area (Å²) in [6.07, 6.45) is 1.68. The number of nitrogens with zero attached hydrogens (tertiary/aromatic N) is 2. The first-order valence-corrected chi connectivity index (χ1v) is 10.2. The van der Waals surface area contributed by atoms with Gasteiger partial charge >= 0.3 is 0 Å². The number of amides is 2. The SMILES string of the molecule is Cc1ccc(NC(=O)c2cc(C)cc(C)c2NC(=O)c2ccc(C(=N)N(C)C)cc2)nc1. The summed E-state index contributed by atoms with van der Waals surface area (Å²) < 4.78 is 0. The monoisotopic (exact) mass is 429 g/mol. The number of pyridine rings is 1. The number of hydrogen-bond acceptors (Lipinski definition) is 4. The topological polar surface area (TPSA) is 98.2 Å². The summed E-state index contributed by atoms with van der Waals surface area (Å²) in [7, 11) is 3.59. The van der Waals surface area contributed by atoms with Crippen LogP contribution in [-0.2, 0) is 0 Å². The number of amidine groups is 1. The maximum Gasteiger partial charge on any atom is 0.258 e. The third kappa shape index (κ3) is 5.18. The molecule has 0 spiro atoms. The Balaban J connectivity index is 1.86. The maximum atomic E-state index is 13.0.